The van der Waals surface area contributed by atoms with Gasteiger partial charge in [0.15, 0.2) is 0 Å². The average molecular weight is 643 g/mol. The molecule has 1 N–H and O–H groups in total. The fraction of sp³-hybridized carbons (Fsp3) is 0.310. The third-order valence-corrected chi connectivity index (χ3v) is 9.34. The molecule has 0 aliphatic heterocycles. The molecular weight excluding hydrogens is 612 g/mol. The second-order valence-electron chi connectivity index (χ2n) is 9.44. The number of nitrogens with zero attached hydrogens (tertiary/aromatic N) is 2. The molecule has 0 saturated carbocycles. The molecule has 3 aromatic carbocycles. The fourth-order valence-corrected chi connectivity index (χ4v) is 6.01. The van der Waals surface area contributed by atoms with E-state index in [4.69, 9.17) is 34.8 Å². The van der Waals surface area contributed by atoms with Gasteiger partial charge in [0.25, 0.3) is 10.0 Å². The van der Waals surface area contributed by atoms with Gasteiger partial charge in [-0.1, -0.05) is 72.9 Å². The highest BCUT2D eigenvalue weighted by Gasteiger charge is 2.34. The molecule has 0 saturated heterocycles. The monoisotopic (exact) mass is 641 g/mol. The zero-order chi connectivity index (χ0) is 30.3. The molecule has 0 aliphatic carbocycles. The second-order valence-corrected chi connectivity index (χ2v) is 12.5. The molecule has 220 valence electrons. The topological polar surface area (TPSA) is 86.8 Å². The molecule has 2 atom stereocenters. The van der Waals surface area contributed by atoms with Gasteiger partial charge in [-0.3, -0.25) is 13.9 Å². The van der Waals surface area contributed by atoms with E-state index in [9.17, 15) is 22.4 Å². The highest BCUT2D eigenvalue weighted by Crippen LogP contribution is 2.29. The molecule has 7 nitrogen and oxygen atoms in total. The zero-order valence-electron chi connectivity index (χ0n) is 22.8. The van der Waals surface area contributed by atoms with Crippen molar-refractivity contribution in [3.8, 4) is 0 Å². The summed E-state index contributed by atoms with van der Waals surface area (Å²) >= 11 is 18.3. The van der Waals surface area contributed by atoms with Crippen LogP contribution in [0.3, 0.4) is 0 Å². The molecule has 3 rings (SSSR count). The molecule has 0 bridgehead atoms. The third kappa shape index (κ3) is 8.13. The molecule has 12 heteroatoms. The van der Waals surface area contributed by atoms with Gasteiger partial charge in [0.05, 0.1) is 25.7 Å². The number of carbonyl (C=O) groups excluding carboxylic acids is 2. The van der Waals surface area contributed by atoms with E-state index in [1.807, 2.05) is 13.8 Å². The van der Waals surface area contributed by atoms with Crippen LogP contribution in [0.2, 0.25) is 15.1 Å². The molecule has 0 fully saturated rings. The number of anilines is 1. The Balaban J connectivity index is 2.09. The maximum absolute atomic E-state index is 14.0. The molecule has 0 unspecified atom stereocenters. The Morgan fingerprint density at radius 3 is 2.17 bits per heavy atom. The van der Waals surface area contributed by atoms with Crippen LogP contribution in [-0.2, 0) is 26.2 Å². The molecule has 0 aliphatic rings. The Labute approximate surface area is 255 Å². The summed E-state index contributed by atoms with van der Waals surface area (Å²) in [6.07, 6.45) is 0.931. The number of benzene rings is 3. The molecular formula is C29H31Cl3FN3O4S. The van der Waals surface area contributed by atoms with Crippen LogP contribution in [0.15, 0.2) is 71.6 Å². The lowest BCUT2D eigenvalue weighted by Crippen LogP contribution is -2.53. The van der Waals surface area contributed by atoms with Crippen molar-refractivity contribution in [1.29, 1.82) is 0 Å². The van der Waals surface area contributed by atoms with Gasteiger partial charge in [-0.05, 0) is 67.8 Å². The number of amides is 2. The zero-order valence-corrected chi connectivity index (χ0v) is 25.9. The van der Waals surface area contributed by atoms with E-state index in [1.54, 1.807) is 43.3 Å². The lowest BCUT2D eigenvalue weighted by Gasteiger charge is -2.33. The summed E-state index contributed by atoms with van der Waals surface area (Å²) in [5.41, 5.74) is 0.574. The Kier molecular flexibility index (Phi) is 11.4. The van der Waals surface area contributed by atoms with E-state index in [0.29, 0.717) is 17.0 Å². The van der Waals surface area contributed by atoms with E-state index < -0.39 is 34.3 Å². The molecule has 0 aromatic heterocycles. The van der Waals surface area contributed by atoms with Crippen molar-refractivity contribution < 1.29 is 22.4 Å². The van der Waals surface area contributed by atoms with E-state index in [-0.39, 0.29) is 45.5 Å². The minimum atomic E-state index is -4.31. The van der Waals surface area contributed by atoms with Crippen LogP contribution >= 0.6 is 34.8 Å². The van der Waals surface area contributed by atoms with Gasteiger partial charge in [0.2, 0.25) is 11.8 Å². The van der Waals surface area contributed by atoms with Gasteiger partial charge >= 0.3 is 0 Å². The molecule has 0 radical (unpaired) electrons. The van der Waals surface area contributed by atoms with Crippen LogP contribution in [0, 0.1) is 5.82 Å². The first-order valence-electron chi connectivity index (χ1n) is 13.0. The summed E-state index contributed by atoms with van der Waals surface area (Å²) < 4.78 is 42.5. The Hall–Kier alpha value is -2.85. The van der Waals surface area contributed by atoms with Gasteiger partial charge in [-0.25, -0.2) is 12.8 Å². The van der Waals surface area contributed by atoms with Crippen molar-refractivity contribution in [2.24, 2.45) is 0 Å². The molecule has 0 spiro atoms. The summed E-state index contributed by atoms with van der Waals surface area (Å²) in [5.74, 6) is -1.78. The number of sulfonamides is 1. The van der Waals surface area contributed by atoms with Gasteiger partial charge in [-0.15, -0.1) is 0 Å². The van der Waals surface area contributed by atoms with Gasteiger partial charge in [-0.2, -0.15) is 0 Å². The number of hydrogen-bond acceptors (Lipinski definition) is 4. The predicted octanol–water partition coefficient (Wildman–Crippen LogP) is 6.70. The molecule has 41 heavy (non-hydrogen) atoms. The van der Waals surface area contributed by atoms with Crippen molar-refractivity contribution in [3.05, 3.63) is 93.2 Å². The highest BCUT2D eigenvalue weighted by atomic mass is 35.5. The van der Waals surface area contributed by atoms with E-state index in [1.165, 1.54) is 23.1 Å². The van der Waals surface area contributed by atoms with Crippen LogP contribution < -0.4 is 9.62 Å². The van der Waals surface area contributed by atoms with E-state index >= 15 is 0 Å². The molecule has 0 heterocycles. The summed E-state index contributed by atoms with van der Waals surface area (Å²) in [6.45, 7) is 4.79. The Bertz CT molecular complexity index is 1490. The van der Waals surface area contributed by atoms with Crippen LogP contribution in [0.5, 0.6) is 0 Å². The van der Waals surface area contributed by atoms with E-state index in [0.717, 1.165) is 16.4 Å². The number of carbonyl (C=O) groups is 2. The summed E-state index contributed by atoms with van der Waals surface area (Å²) in [5, 5.41) is 3.19. The SMILES string of the molecule is CC[C@@H](C)NC(=O)[C@H](CC)N(Cc1ccc(Cl)c(Cl)c1)C(=O)CN(c1ccc(F)c(Cl)c1)S(=O)(=O)c1ccccc1. The third-order valence-electron chi connectivity index (χ3n) is 6.53. The highest BCUT2D eigenvalue weighted by molar-refractivity contribution is 7.92. The maximum atomic E-state index is 14.0. The number of halogens is 4. The standard InChI is InChI=1S/C29H31Cl3FN3O4S/c1-4-19(3)34-29(38)27(5-2)35(17-20-11-13-23(30)24(31)15-20)28(37)18-36(21-12-14-26(33)25(32)16-21)41(39,40)22-9-7-6-8-10-22/h6-16,19,27H,4-5,17-18H2,1-3H3,(H,34,38)/t19-,27+/m1/s1. The van der Waals surface area contributed by atoms with Crippen LogP contribution in [0.25, 0.3) is 0 Å². The largest absolute Gasteiger partial charge is 0.352 e. The Morgan fingerprint density at radius 1 is 0.902 bits per heavy atom. The minimum Gasteiger partial charge on any atom is -0.352 e. The molecule has 3 aromatic rings. The average Bonchev–Trinajstić information content (AvgIpc) is 2.95. The van der Waals surface area contributed by atoms with Crippen LogP contribution in [-0.4, -0.2) is 43.8 Å². The first kappa shape index (κ1) is 32.7. The minimum absolute atomic E-state index is 0.0137. The predicted molar refractivity (Wildman–Crippen MR) is 161 cm³/mol. The number of nitrogens with one attached hydrogen (secondary N) is 1. The van der Waals surface area contributed by atoms with Crippen molar-refractivity contribution in [2.45, 2.75) is 57.1 Å². The van der Waals surface area contributed by atoms with Crippen LogP contribution in [0.1, 0.15) is 39.2 Å². The van der Waals surface area contributed by atoms with Crippen molar-refractivity contribution in [3.63, 3.8) is 0 Å². The lowest BCUT2D eigenvalue weighted by molar-refractivity contribution is -0.140. The Morgan fingerprint density at radius 2 is 1.59 bits per heavy atom. The second kappa shape index (κ2) is 14.4. The van der Waals surface area contributed by atoms with Crippen molar-refractivity contribution in [2.75, 3.05) is 10.8 Å². The van der Waals surface area contributed by atoms with Gasteiger partial charge in [0, 0.05) is 12.6 Å². The first-order chi connectivity index (χ1) is 19.4. The molecule has 2 amide bonds. The number of hydrogen-bond donors (Lipinski definition) is 1. The first-order valence-corrected chi connectivity index (χ1v) is 15.5. The van der Waals surface area contributed by atoms with Crippen molar-refractivity contribution >= 4 is 62.3 Å². The fourth-order valence-electron chi connectivity index (χ4n) is 4.08. The number of rotatable bonds is 12. The maximum Gasteiger partial charge on any atom is 0.264 e. The summed E-state index contributed by atoms with van der Waals surface area (Å²) in [4.78, 5) is 28.6. The van der Waals surface area contributed by atoms with Gasteiger partial charge in [0.1, 0.15) is 18.4 Å². The summed E-state index contributed by atoms with van der Waals surface area (Å²) in [6, 6.07) is 14.7. The van der Waals surface area contributed by atoms with Crippen molar-refractivity contribution in [1.82, 2.24) is 10.2 Å². The lowest BCUT2D eigenvalue weighted by atomic mass is 10.1. The summed E-state index contributed by atoms with van der Waals surface area (Å²) in [7, 11) is -4.31. The van der Waals surface area contributed by atoms with E-state index in [2.05, 4.69) is 5.32 Å². The van der Waals surface area contributed by atoms with Gasteiger partial charge < -0.3 is 10.2 Å². The normalized spacial score (nSPS) is 12.9. The van der Waals surface area contributed by atoms with Crippen LogP contribution in [0.4, 0.5) is 10.1 Å². The quantitative estimate of drug-likeness (QED) is 0.238. The smallest absolute Gasteiger partial charge is 0.264 e.